The van der Waals surface area contributed by atoms with Crippen molar-refractivity contribution < 1.29 is 9.90 Å². The van der Waals surface area contributed by atoms with Crippen molar-refractivity contribution in [2.45, 2.75) is 25.7 Å². The first-order valence-corrected chi connectivity index (χ1v) is 7.53. The number of nitrogens with zero attached hydrogens (tertiary/aromatic N) is 2. The minimum Gasteiger partial charge on any atom is -0.481 e. The van der Waals surface area contributed by atoms with Gasteiger partial charge in [0, 0.05) is 38.4 Å². The second-order valence-corrected chi connectivity index (χ2v) is 5.78. The number of hydrogen-bond acceptors (Lipinski definition) is 3. The molecule has 1 N–H and O–H groups in total. The minimum atomic E-state index is -0.703. The fraction of sp³-hybridized carbons (Fsp3) is 0.562. The van der Waals surface area contributed by atoms with Gasteiger partial charge in [-0.05, 0) is 42.5 Å². The lowest BCUT2D eigenvalue weighted by Gasteiger charge is -2.36. The van der Waals surface area contributed by atoms with Gasteiger partial charge in [-0.3, -0.25) is 9.69 Å². The number of hydrogen-bond donors (Lipinski definition) is 1. The molecule has 3 rings (SSSR count). The van der Waals surface area contributed by atoms with E-state index in [1.165, 1.54) is 36.1 Å². The molecule has 108 valence electrons. The molecule has 0 unspecified atom stereocenters. The van der Waals surface area contributed by atoms with Crippen LogP contribution in [0.2, 0.25) is 0 Å². The second-order valence-electron chi connectivity index (χ2n) is 5.78. The molecule has 20 heavy (non-hydrogen) atoms. The minimum absolute atomic E-state index is 0.249. The molecule has 1 fully saturated rings. The van der Waals surface area contributed by atoms with Crippen LogP contribution >= 0.6 is 0 Å². The molecule has 2 aliphatic rings. The number of anilines is 1. The normalized spacial score (nSPS) is 19.1. The zero-order chi connectivity index (χ0) is 13.9. The van der Waals surface area contributed by atoms with Gasteiger partial charge in [0.05, 0.1) is 6.42 Å². The molecule has 0 radical (unpaired) electrons. The van der Waals surface area contributed by atoms with Crippen LogP contribution in [0.5, 0.6) is 0 Å². The van der Waals surface area contributed by atoms with Gasteiger partial charge in [0.1, 0.15) is 0 Å². The number of carboxylic acid groups (broad SMARTS) is 1. The van der Waals surface area contributed by atoms with E-state index in [1.54, 1.807) is 0 Å². The van der Waals surface area contributed by atoms with Crippen LogP contribution in [0.3, 0.4) is 0 Å². The number of benzene rings is 1. The van der Waals surface area contributed by atoms with Crippen LogP contribution in [0.1, 0.15) is 24.0 Å². The predicted octanol–water partition coefficient (Wildman–Crippen LogP) is 1.77. The second kappa shape index (κ2) is 5.83. The zero-order valence-electron chi connectivity index (χ0n) is 11.8. The molecule has 1 aliphatic carbocycles. The van der Waals surface area contributed by atoms with Crippen LogP contribution in [0, 0.1) is 0 Å². The van der Waals surface area contributed by atoms with Gasteiger partial charge in [-0.2, -0.15) is 0 Å². The Morgan fingerprint density at radius 3 is 2.60 bits per heavy atom. The number of aliphatic carboxylic acids is 1. The molecule has 1 aromatic carbocycles. The topological polar surface area (TPSA) is 43.8 Å². The Morgan fingerprint density at radius 1 is 1.10 bits per heavy atom. The van der Waals surface area contributed by atoms with Crippen LogP contribution in [-0.2, 0) is 17.6 Å². The number of carbonyl (C=O) groups is 1. The molecule has 1 saturated heterocycles. The van der Waals surface area contributed by atoms with Crippen molar-refractivity contribution in [2.75, 3.05) is 37.6 Å². The number of piperazine rings is 1. The summed E-state index contributed by atoms with van der Waals surface area (Å²) in [5.41, 5.74) is 4.38. The molecule has 1 aliphatic heterocycles. The molecule has 0 spiro atoms. The van der Waals surface area contributed by atoms with Gasteiger partial charge in [0.2, 0.25) is 0 Å². The number of carboxylic acids is 1. The third-order valence-corrected chi connectivity index (χ3v) is 4.46. The highest BCUT2D eigenvalue weighted by atomic mass is 16.4. The maximum absolute atomic E-state index is 10.6. The van der Waals surface area contributed by atoms with Crippen LogP contribution in [0.25, 0.3) is 0 Å². The lowest BCUT2D eigenvalue weighted by atomic mass is 10.1. The van der Waals surface area contributed by atoms with E-state index in [9.17, 15) is 4.79 Å². The van der Waals surface area contributed by atoms with Gasteiger partial charge in [0.15, 0.2) is 0 Å². The Balaban J connectivity index is 1.56. The van der Waals surface area contributed by atoms with Crippen LogP contribution in [0.15, 0.2) is 18.2 Å². The van der Waals surface area contributed by atoms with E-state index in [-0.39, 0.29) is 6.42 Å². The van der Waals surface area contributed by atoms with Gasteiger partial charge < -0.3 is 10.0 Å². The van der Waals surface area contributed by atoms with Crippen LogP contribution in [0.4, 0.5) is 5.69 Å². The molecule has 0 bridgehead atoms. The summed E-state index contributed by atoms with van der Waals surface area (Å²) in [6, 6.07) is 6.89. The van der Waals surface area contributed by atoms with Gasteiger partial charge >= 0.3 is 5.97 Å². The van der Waals surface area contributed by atoms with Crippen molar-refractivity contribution >= 4 is 11.7 Å². The molecule has 0 atom stereocenters. The standard InChI is InChI=1S/C16H22N2O2/c19-16(20)6-7-17-8-10-18(11-9-17)15-5-4-13-2-1-3-14(13)12-15/h4-5,12H,1-3,6-11H2,(H,19,20). The third-order valence-electron chi connectivity index (χ3n) is 4.46. The smallest absolute Gasteiger partial charge is 0.304 e. The number of fused-ring (bicyclic) bond motifs is 1. The Morgan fingerprint density at radius 2 is 1.85 bits per heavy atom. The van der Waals surface area contributed by atoms with E-state index in [2.05, 4.69) is 28.0 Å². The predicted molar refractivity (Wildman–Crippen MR) is 79.4 cm³/mol. The number of aryl methyl sites for hydroxylation is 2. The molecular formula is C16H22N2O2. The third kappa shape index (κ3) is 2.96. The van der Waals surface area contributed by atoms with Gasteiger partial charge in [-0.1, -0.05) is 6.07 Å². The molecule has 1 aromatic rings. The van der Waals surface area contributed by atoms with Gasteiger partial charge in [0.25, 0.3) is 0 Å². The fourth-order valence-corrected chi connectivity index (χ4v) is 3.24. The Kier molecular flexibility index (Phi) is 3.92. The first kappa shape index (κ1) is 13.4. The van der Waals surface area contributed by atoms with E-state index in [1.807, 2.05) is 0 Å². The maximum atomic E-state index is 10.6. The van der Waals surface area contributed by atoms with Crippen molar-refractivity contribution in [2.24, 2.45) is 0 Å². The molecule has 1 heterocycles. The summed E-state index contributed by atoms with van der Waals surface area (Å²) in [5, 5.41) is 8.73. The average molecular weight is 274 g/mol. The molecule has 4 heteroatoms. The number of rotatable bonds is 4. The summed E-state index contributed by atoms with van der Waals surface area (Å²) in [6.07, 6.45) is 4.00. The summed E-state index contributed by atoms with van der Waals surface area (Å²) in [4.78, 5) is 15.3. The van der Waals surface area contributed by atoms with E-state index in [4.69, 9.17) is 5.11 Å². The fourth-order valence-electron chi connectivity index (χ4n) is 3.24. The lowest BCUT2D eigenvalue weighted by molar-refractivity contribution is -0.137. The summed E-state index contributed by atoms with van der Waals surface area (Å²) < 4.78 is 0. The monoisotopic (exact) mass is 274 g/mol. The zero-order valence-corrected chi connectivity index (χ0v) is 11.8. The average Bonchev–Trinajstić information content (AvgIpc) is 2.93. The molecular weight excluding hydrogens is 252 g/mol. The first-order valence-electron chi connectivity index (χ1n) is 7.53. The van der Waals surface area contributed by atoms with Crippen molar-refractivity contribution in [3.05, 3.63) is 29.3 Å². The quantitative estimate of drug-likeness (QED) is 0.909. The largest absolute Gasteiger partial charge is 0.481 e. The van der Waals surface area contributed by atoms with Crippen molar-refractivity contribution in [1.82, 2.24) is 4.90 Å². The highest BCUT2D eigenvalue weighted by Crippen LogP contribution is 2.27. The SMILES string of the molecule is O=C(O)CCN1CCN(c2ccc3c(c2)CCC3)CC1. The molecule has 4 nitrogen and oxygen atoms in total. The Hall–Kier alpha value is -1.55. The van der Waals surface area contributed by atoms with Crippen LogP contribution < -0.4 is 4.90 Å². The maximum Gasteiger partial charge on any atom is 0.304 e. The van der Waals surface area contributed by atoms with E-state index >= 15 is 0 Å². The summed E-state index contributed by atoms with van der Waals surface area (Å²) in [5.74, 6) is -0.703. The van der Waals surface area contributed by atoms with E-state index in [0.717, 1.165) is 26.2 Å². The van der Waals surface area contributed by atoms with Crippen molar-refractivity contribution in [3.63, 3.8) is 0 Å². The van der Waals surface area contributed by atoms with Gasteiger partial charge in [-0.15, -0.1) is 0 Å². The highest BCUT2D eigenvalue weighted by Gasteiger charge is 2.19. The summed E-state index contributed by atoms with van der Waals surface area (Å²) in [7, 11) is 0. The molecule has 0 saturated carbocycles. The first-order chi connectivity index (χ1) is 9.72. The van der Waals surface area contributed by atoms with Crippen molar-refractivity contribution in [3.8, 4) is 0 Å². The Bertz CT molecular complexity index is 493. The van der Waals surface area contributed by atoms with Crippen molar-refractivity contribution in [1.29, 1.82) is 0 Å². The van der Waals surface area contributed by atoms with Gasteiger partial charge in [-0.25, -0.2) is 0 Å². The molecule has 0 aromatic heterocycles. The molecule has 0 amide bonds. The van der Waals surface area contributed by atoms with Crippen LogP contribution in [-0.4, -0.2) is 48.7 Å². The summed E-state index contributed by atoms with van der Waals surface area (Å²) in [6.45, 7) is 4.60. The summed E-state index contributed by atoms with van der Waals surface area (Å²) >= 11 is 0. The lowest BCUT2D eigenvalue weighted by Crippen LogP contribution is -2.46. The Labute approximate surface area is 120 Å². The highest BCUT2D eigenvalue weighted by molar-refractivity contribution is 5.66. The van der Waals surface area contributed by atoms with E-state index < -0.39 is 5.97 Å². The van der Waals surface area contributed by atoms with E-state index in [0.29, 0.717) is 6.54 Å².